The van der Waals surface area contributed by atoms with Crippen LogP contribution >= 0.6 is 0 Å². The van der Waals surface area contributed by atoms with Crippen molar-refractivity contribution >= 4 is 5.91 Å². The number of amides is 1. The Balaban J connectivity index is 1.31. The van der Waals surface area contributed by atoms with Crippen LogP contribution in [0.2, 0.25) is 0 Å². The Morgan fingerprint density at radius 1 is 1.08 bits per heavy atom. The normalized spacial score (nSPS) is 18.1. The van der Waals surface area contributed by atoms with Crippen molar-refractivity contribution < 1.29 is 18.7 Å². The molecule has 0 N–H and O–H groups in total. The highest BCUT2D eigenvalue weighted by Crippen LogP contribution is 2.39. The number of carbonyl (C=O) groups is 1. The van der Waals surface area contributed by atoms with Gasteiger partial charge in [-0.05, 0) is 48.7 Å². The molecule has 2 heterocycles. The zero-order chi connectivity index (χ0) is 18.0. The number of hydrogen-bond donors (Lipinski definition) is 0. The van der Waals surface area contributed by atoms with Gasteiger partial charge in [-0.1, -0.05) is 18.2 Å². The Morgan fingerprint density at radius 2 is 1.81 bits per heavy atom. The van der Waals surface area contributed by atoms with Gasteiger partial charge >= 0.3 is 0 Å². The molecule has 0 aliphatic carbocycles. The number of para-hydroxylation sites is 1. The molecule has 2 aliphatic rings. The van der Waals surface area contributed by atoms with Gasteiger partial charge in [0.1, 0.15) is 22.9 Å². The van der Waals surface area contributed by atoms with Gasteiger partial charge in [-0.15, -0.1) is 0 Å². The van der Waals surface area contributed by atoms with Crippen LogP contribution in [0.1, 0.15) is 24.8 Å². The fourth-order valence-corrected chi connectivity index (χ4v) is 3.74. The molecule has 1 fully saturated rings. The summed E-state index contributed by atoms with van der Waals surface area (Å²) in [4.78, 5) is 14.2. The van der Waals surface area contributed by atoms with E-state index in [9.17, 15) is 9.18 Å². The lowest BCUT2D eigenvalue weighted by molar-refractivity contribution is -0.137. The van der Waals surface area contributed by atoms with Crippen molar-refractivity contribution in [3.8, 4) is 11.5 Å². The summed E-state index contributed by atoms with van der Waals surface area (Å²) in [5.41, 5.74) is 1.12. The molecule has 2 aromatic carbocycles. The summed E-state index contributed by atoms with van der Waals surface area (Å²) in [7, 11) is 0. The van der Waals surface area contributed by atoms with E-state index < -0.39 is 0 Å². The lowest BCUT2D eigenvalue weighted by Crippen LogP contribution is -2.52. The Morgan fingerprint density at radius 3 is 2.58 bits per heavy atom. The summed E-state index contributed by atoms with van der Waals surface area (Å²) in [5, 5.41) is 0. The van der Waals surface area contributed by atoms with Crippen molar-refractivity contribution in [2.75, 3.05) is 19.7 Å². The minimum absolute atomic E-state index is 0.0255. The van der Waals surface area contributed by atoms with Crippen molar-refractivity contribution in [3.63, 3.8) is 0 Å². The zero-order valence-electron chi connectivity index (χ0n) is 14.6. The van der Waals surface area contributed by atoms with Crippen LogP contribution in [-0.2, 0) is 11.2 Å². The van der Waals surface area contributed by atoms with Crippen LogP contribution in [-0.4, -0.2) is 36.1 Å². The molecule has 0 unspecified atom stereocenters. The molecule has 1 saturated heterocycles. The van der Waals surface area contributed by atoms with Crippen LogP contribution in [0.5, 0.6) is 11.5 Å². The first-order valence-corrected chi connectivity index (χ1v) is 9.07. The molecule has 0 bridgehead atoms. The molecule has 1 amide bonds. The zero-order valence-corrected chi connectivity index (χ0v) is 14.6. The van der Waals surface area contributed by atoms with Crippen LogP contribution < -0.4 is 9.47 Å². The third-order valence-electron chi connectivity index (χ3n) is 5.35. The van der Waals surface area contributed by atoms with E-state index in [0.29, 0.717) is 18.8 Å². The van der Waals surface area contributed by atoms with Gasteiger partial charge in [0.2, 0.25) is 0 Å². The fourth-order valence-electron chi connectivity index (χ4n) is 3.74. The van der Waals surface area contributed by atoms with E-state index in [1.165, 1.54) is 29.8 Å². The number of ether oxygens (including phenoxy) is 2. The Bertz CT molecular complexity index is 782. The summed E-state index contributed by atoms with van der Waals surface area (Å²) in [6, 6.07) is 13.9. The highest BCUT2D eigenvalue weighted by atomic mass is 19.1. The van der Waals surface area contributed by atoms with Gasteiger partial charge in [0, 0.05) is 25.9 Å². The maximum Gasteiger partial charge on any atom is 0.260 e. The monoisotopic (exact) mass is 355 g/mol. The first-order valence-electron chi connectivity index (χ1n) is 9.07. The fraction of sp³-hybridized carbons (Fsp3) is 0.381. The molecule has 2 aromatic rings. The van der Waals surface area contributed by atoms with Crippen LogP contribution in [0.4, 0.5) is 4.39 Å². The molecule has 0 atom stereocenters. The smallest absolute Gasteiger partial charge is 0.260 e. The quantitative estimate of drug-likeness (QED) is 0.845. The molecule has 0 saturated carbocycles. The Hall–Kier alpha value is -2.56. The standard InChI is InChI=1S/C21H22FNO3/c22-17-5-7-18(8-6-17)25-15-20(24)23-13-11-21(12-14-23)10-9-16-3-1-2-4-19(16)26-21/h1-8H,9-15H2. The van der Waals surface area contributed by atoms with Crippen molar-refractivity contribution in [3.05, 3.63) is 59.9 Å². The molecule has 1 spiro atoms. The first-order chi connectivity index (χ1) is 12.6. The van der Waals surface area contributed by atoms with E-state index in [4.69, 9.17) is 9.47 Å². The van der Waals surface area contributed by atoms with Gasteiger partial charge in [-0.2, -0.15) is 0 Å². The maximum atomic E-state index is 12.9. The number of likely N-dealkylation sites (tertiary alicyclic amines) is 1. The van der Waals surface area contributed by atoms with Gasteiger partial charge in [0.25, 0.3) is 5.91 Å². The molecule has 2 aliphatic heterocycles. The maximum absolute atomic E-state index is 12.9. The number of aryl methyl sites for hydroxylation is 1. The Labute approximate surface area is 152 Å². The second-order valence-electron chi connectivity index (χ2n) is 7.02. The van der Waals surface area contributed by atoms with Gasteiger partial charge in [-0.3, -0.25) is 4.79 Å². The summed E-state index contributed by atoms with van der Waals surface area (Å²) in [5.74, 6) is 1.12. The summed E-state index contributed by atoms with van der Waals surface area (Å²) in [6.45, 7) is 1.32. The highest BCUT2D eigenvalue weighted by molar-refractivity contribution is 5.77. The third kappa shape index (κ3) is 3.52. The average Bonchev–Trinajstić information content (AvgIpc) is 2.68. The minimum atomic E-state index is -0.320. The highest BCUT2D eigenvalue weighted by Gasteiger charge is 2.40. The van der Waals surface area contributed by atoms with Gasteiger partial charge in [-0.25, -0.2) is 4.39 Å². The molecule has 5 heteroatoms. The summed E-state index contributed by atoms with van der Waals surface area (Å²) < 4.78 is 24.7. The second kappa shape index (κ2) is 6.98. The number of halogens is 1. The number of benzene rings is 2. The number of rotatable bonds is 3. The predicted molar refractivity (Wildman–Crippen MR) is 95.8 cm³/mol. The van der Waals surface area contributed by atoms with Crippen LogP contribution in [0, 0.1) is 5.82 Å². The number of carbonyl (C=O) groups excluding carboxylic acids is 1. The van der Waals surface area contributed by atoms with E-state index in [1.54, 1.807) is 0 Å². The molecule has 4 rings (SSSR count). The van der Waals surface area contributed by atoms with Crippen molar-refractivity contribution in [2.45, 2.75) is 31.3 Å². The van der Waals surface area contributed by atoms with Crippen LogP contribution in [0.15, 0.2) is 48.5 Å². The lowest BCUT2D eigenvalue weighted by Gasteiger charge is -2.44. The lowest BCUT2D eigenvalue weighted by atomic mass is 9.83. The van der Waals surface area contributed by atoms with Gasteiger partial charge < -0.3 is 14.4 Å². The third-order valence-corrected chi connectivity index (χ3v) is 5.35. The molecular weight excluding hydrogens is 333 g/mol. The average molecular weight is 355 g/mol. The van der Waals surface area contributed by atoms with Gasteiger partial charge in [0.05, 0.1) is 0 Å². The van der Waals surface area contributed by atoms with Crippen molar-refractivity contribution in [2.24, 2.45) is 0 Å². The second-order valence-corrected chi connectivity index (χ2v) is 7.02. The molecule has 4 nitrogen and oxygen atoms in total. The van der Waals surface area contributed by atoms with E-state index in [2.05, 4.69) is 6.07 Å². The number of hydrogen-bond acceptors (Lipinski definition) is 3. The number of nitrogens with zero attached hydrogens (tertiary/aromatic N) is 1. The van der Waals surface area contributed by atoms with E-state index >= 15 is 0 Å². The minimum Gasteiger partial charge on any atom is -0.487 e. The largest absolute Gasteiger partial charge is 0.487 e. The number of fused-ring (bicyclic) bond motifs is 1. The van der Waals surface area contributed by atoms with Crippen LogP contribution in [0.25, 0.3) is 0 Å². The topological polar surface area (TPSA) is 38.8 Å². The first kappa shape index (κ1) is 16.9. The Kier molecular flexibility index (Phi) is 4.53. The van der Waals surface area contributed by atoms with Gasteiger partial charge in [0.15, 0.2) is 6.61 Å². The summed E-state index contributed by atoms with van der Waals surface area (Å²) in [6.07, 6.45) is 3.70. The van der Waals surface area contributed by atoms with E-state index in [-0.39, 0.29) is 23.9 Å². The van der Waals surface area contributed by atoms with Crippen LogP contribution in [0.3, 0.4) is 0 Å². The molecule has 0 radical (unpaired) electrons. The summed E-state index contributed by atoms with van der Waals surface area (Å²) >= 11 is 0. The van der Waals surface area contributed by atoms with Crippen molar-refractivity contribution in [1.82, 2.24) is 4.90 Å². The number of piperidine rings is 1. The van der Waals surface area contributed by atoms with E-state index in [1.807, 2.05) is 23.1 Å². The molecule has 0 aromatic heterocycles. The predicted octanol–water partition coefficient (Wildman–Crippen LogP) is 3.59. The molecule has 26 heavy (non-hydrogen) atoms. The SMILES string of the molecule is O=C(COc1ccc(F)cc1)N1CCC2(CCc3ccccc3O2)CC1. The molecule has 136 valence electrons. The van der Waals surface area contributed by atoms with Crippen molar-refractivity contribution in [1.29, 1.82) is 0 Å². The van der Waals surface area contributed by atoms with E-state index in [0.717, 1.165) is 31.4 Å². The molecular formula is C21H22FNO3.